The number of hydrogen-bond acceptors (Lipinski definition) is 4. The Balaban J connectivity index is 1.44. The summed E-state index contributed by atoms with van der Waals surface area (Å²) < 4.78 is 0. The van der Waals surface area contributed by atoms with E-state index in [1.165, 1.54) is 0 Å². The van der Waals surface area contributed by atoms with Gasteiger partial charge >= 0.3 is 5.97 Å². The number of nitrogens with zero attached hydrogens (tertiary/aromatic N) is 3. The normalized spacial score (nSPS) is 20.0. The topological polar surface area (TPSA) is 79.9 Å². The number of likely N-dealkylation sites (tertiary alicyclic amines) is 1. The van der Waals surface area contributed by atoms with E-state index in [9.17, 15) is 14.7 Å². The van der Waals surface area contributed by atoms with Crippen LogP contribution in [-0.4, -0.2) is 82.5 Å². The van der Waals surface area contributed by atoms with E-state index in [2.05, 4.69) is 9.88 Å². The number of aryl methyl sites for hydroxylation is 1. The summed E-state index contributed by atoms with van der Waals surface area (Å²) in [7, 11) is 0. The average molecular weight is 384 g/mol. The summed E-state index contributed by atoms with van der Waals surface area (Å²) in [4.78, 5) is 33.8. The zero-order valence-electron chi connectivity index (χ0n) is 16.4. The van der Waals surface area contributed by atoms with E-state index >= 15 is 0 Å². The minimum Gasteiger partial charge on any atom is -0.480 e. The number of carboxylic acids is 1. The molecule has 0 bridgehead atoms. The lowest BCUT2D eigenvalue weighted by Crippen LogP contribution is -2.51. The molecule has 1 amide bonds. The van der Waals surface area contributed by atoms with Crippen LogP contribution in [0.15, 0.2) is 24.4 Å². The van der Waals surface area contributed by atoms with E-state index in [-0.39, 0.29) is 5.91 Å². The van der Waals surface area contributed by atoms with Crippen LogP contribution in [0.25, 0.3) is 10.9 Å². The van der Waals surface area contributed by atoms with Gasteiger partial charge in [0.05, 0.1) is 6.54 Å². The number of rotatable bonds is 5. The summed E-state index contributed by atoms with van der Waals surface area (Å²) in [5.41, 5.74) is 2.89. The Morgan fingerprint density at radius 2 is 1.82 bits per heavy atom. The number of amides is 1. The number of aromatic nitrogens is 1. The van der Waals surface area contributed by atoms with Crippen molar-refractivity contribution < 1.29 is 14.7 Å². The molecule has 2 aliphatic rings. The number of piperazine rings is 1. The van der Waals surface area contributed by atoms with E-state index < -0.39 is 12.0 Å². The molecule has 2 aliphatic heterocycles. The molecule has 1 aromatic heterocycles. The molecule has 2 fully saturated rings. The van der Waals surface area contributed by atoms with Gasteiger partial charge in [0.2, 0.25) is 5.91 Å². The number of carboxylic acid groups (broad SMARTS) is 1. The minimum atomic E-state index is -0.830. The summed E-state index contributed by atoms with van der Waals surface area (Å²) >= 11 is 0. The second kappa shape index (κ2) is 7.93. The number of carbonyl (C=O) groups is 2. The van der Waals surface area contributed by atoms with Gasteiger partial charge in [-0.3, -0.25) is 19.4 Å². The SMILES string of the molecule is Cc1ccc2[nH]cc([C@H](C(=O)O)N3CCN(CC(=O)N4CCCC4)CC3)c2c1. The first-order valence-electron chi connectivity index (χ1n) is 10.1. The summed E-state index contributed by atoms with van der Waals surface area (Å²) in [6.45, 7) is 6.92. The van der Waals surface area contributed by atoms with Crippen LogP contribution in [0.2, 0.25) is 0 Å². The molecule has 2 N–H and O–H groups in total. The first kappa shape index (κ1) is 19.0. The Labute approximate surface area is 164 Å². The molecule has 150 valence electrons. The molecule has 3 heterocycles. The van der Waals surface area contributed by atoms with Crippen molar-refractivity contribution in [2.75, 3.05) is 45.8 Å². The van der Waals surface area contributed by atoms with Crippen LogP contribution in [0.4, 0.5) is 0 Å². The zero-order valence-corrected chi connectivity index (χ0v) is 16.4. The van der Waals surface area contributed by atoms with E-state index in [4.69, 9.17) is 0 Å². The first-order chi connectivity index (χ1) is 13.5. The Kier molecular flexibility index (Phi) is 5.37. The van der Waals surface area contributed by atoms with Gasteiger partial charge in [0.15, 0.2) is 0 Å². The van der Waals surface area contributed by atoms with Gasteiger partial charge in [-0.2, -0.15) is 0 Å². The third kappa shape index (κ3) is 3.77. The van der Waals surface area contributed by atoms with Crippen molar-refractivity contribution in [3.05, 3.63) is 35.5 Å². The highest BCUT2D eigenvalue weighted by Crippen LogP contribution is 2.30. The molecule has 7 nitrogen and oxygen atoms in total. The lowest BCUT2D eigenvalue weighted by molar-refractivity contribution is -0.145. The molecule has 2 aromatic rings. The summed E-state index contributed by atoms with van der Waals surface area (Å²) in [5.74, 6) is -0.628. The Morgan fingerprint density at radius 1 is 1.11 bits per heavy atom. The predicted molar refractivity (Wildman–Crippen MR) is 107 cm³/mol. The molecule has 7 heteroatoms. The van der Waals surface area contributed by atoms with E-state index in [0.29, 0.717) is 32.7 Å². The Bertz CT molecular complexity index is 864. The third-order valence-corrected chi connectivity index (χ3v) is 5.99. The van der Waals surface area contributed by atoms with Gasteiger partial charge in [0.25, 0.3) is 0 Å². The number of aromatic amines is 1. The highest BCUT2D eigenvalue weighted by atomic mass is 16.4. The number of carbonyl (C=O) groups excluding carboxylic acids is 1. The van der Waals surface area contributed by atoms with Crippen molar-refractivity contribution in [3.63, 3.8) is 0 Å². The lowest BCUT2D eigenvalue weighted by Gasteiger charge is -2.37. The molecule has 0 spiro atoms. The highest BCUT2D eigenvalue weighted by Gasteiger charge is 2.33. The molecule has 0 saturated carbocycles. The molecule has 1 atom stereocenters. The molecule has 0 radical (unpaired) electrons. The zero-order chi connectivity index (χ0) is 19.7. The lowest BCUT2D eigenvalue weighted by atomic mass is 10.0. The van der Waals surface area contributed by atoms with Crippen molar-refractivity contribution in [3.8, 4) is 0 Å². The molecule has 0 unspecified atom stereocenters. The number of H-pyrrole nitrogens is 1. The van der Waals surface area contributed by atoms with Gasteiger partial charge in [-0.15, -0.1) is 0 Å². The maximum Gasteiger partial charge on any atom is 0.325 e. The van der Waals surface area contributed by atoms with E-state index in [1.54, 1.807) is 0 Å². The first-order valence-corrected chi connectivity index (χ1v) is 10.1. The van der Waals surface area contributed by atoms with Crippen molar-refractivity contribution in [2.24, 2.45) is 0 Å². The molecular formula is C21H28N4O3. The number of nitrogens with one attached hydrogen (secondary N) is 1. The van der Waals surface area contributed by atoms with Crippen LogP contribution in [0, 0.1) is 6.92 Å². The van der Waals surface area contributed by atoms with Crippen molar-refractivity contribution in [1.82, 2.24) is 19.7 Å². The van der Waals surface area contributed by atoms with Gasteiger partial charge in [-0.05, 0) is 31.9 Å². The molecular weight excluding hydrogens is 356 g/mol. The second-order valence-electron chi connectivity index (χ2n) is 7.93. The van der Waals surface area contributed by atoms with Gasteiger partial charge in [0.1, 0.15) is 6.04 Å². The van der Waals surface area contributed by atoms with Gasteiger partial charge in [-0.25, -0.2) is 0 Å². The van der Waals surface area contributed by atoms with E-state index in [1.807, 2.05) is 41.1 Å². The van der Waals surface area contributed by atoms with Gasteiger partial charge in [0, 0.05) is 61.9 Å². The van der Waals surface area contributed by atoms with Gasteiger partial charge in [-0.1, -0.05) is 11.6 Å². The van der Waals surface area contributed by atoms with Crippen LogP contribution in [0.5, 0.6) is 0 Å². The van der Waals surface area contributed by atoms with Crippen LogP contribution in [0.3, 0.4) is 0 Å². The second-order valence-corrected chi connectivity index (χ2v) is 7.93. The predicted octanol–water partition coefficient (Wildman–Crippen LogP) is 1.84. The standard InChI is InChI=1S/C21H28N4O3/c1-15-4-5-18-16(12-15)17(13-22-18)20(21(27)28)25-10-8-23(9-11-25)14-19(26)24-6-2-3-7-24/h4-5,12-13,20,22H,2-3,6-11,14H2,1H3,(H,27,28)/t20-/m1/s1. The number of aliphatic carboxylic acids is 1. The summed E-state index contributed by atoms with van der Waals surface area (Å²) in [6.07, 6.45) is 4.03. The molecule has 2 saturated heterocycles. The van der Waals surface area contributed by atoms with E-state index in [0.717, 1.165) is 48.0 Å². The van der Waals surface area contributed by atoms with Gasteiger partial charge < -0.3 is 15.0 Å². The van der Waals surface area contributed by atoms with Crippen LogP contribution < -0.4 is 0 Å². The van der Waals surface area contributed by atoms with Crippen LogP contribution >= 0.6 is 0 Å². The quantitative estimate of drug-likeness (QED) is 0.822. The monoisotopic (exact) mass is 384 g/mol. The molecule has 4 rings (SSSR count). The molecule has 0 aliphatic carbocycles. The van der Waals surface area contributed by atoms with Crippen LogP contribution in [-0.2, 0) is 9.59 Å². The fourth-order valence-electron chi connectivity index (χ4n) is 4.41. The third-order valence-electron chi connectivity index (χ3n) is 5.99. The maximum absolute atomic E-state index is 12.4. The number of benzene rings is 1. The minimum absolute atomic E-state index is 0.202. The van der Waals surface area contributed by atoms with Crippen LogP contribution in [0.1, 0.15) is 30.0 Å². The largest absolute Gasteiger partial charge is 0.480 e. The van der Waals surface area contributed by atoms with Crippen molar-refractivity contribution in [2.45, 2.75) is 25.8 Å². The molecule has 1 aromatic carbocycles. The number of fused-ring (bicyclic) bond motifs is 1. The summed E-state index contributed by atoms with van der Waals surface area (Å²) in [5, 5.41) is 10.9. The number of hydrogen-bond donors (Lipinski definition) is 2. The average Bonchev–Trinajstić information content (AvgIpc) is 3.34. The Morgan fingerprint density at radius 3 is 2.50 bits per heavy atom. The molecule has 28 heavy (non-hydrogen) atoms. The summed E-state index contributed by atoms with van der Waals surface area (Å²) in [6, 6.07) is 5.39. The Hall–Kier alpha value is -2.38. The smallest absolute Gasteiger partial charge is 0.325 e. The highest BCUT2D eigenvalue weighted by molar-refractivity contribution is 5.89. The maximum atomic E-state index is 12.4. The van der Waals surface area contributed by atoms with Crippen molar-refractivity contribution in [1.29, 1.82) is 0 Å². The van der Waals surface area contributed by atoms with Crippen molar-refractivity contribution >= 4 is 22.8 Å². The fraction of sp³-hybridized carbons (Fsp3) is 0.524. The fourth-order valence-corrected chi connectivity index (χ4v) is 4.41.